The monoisotopic (exact) mass is 275 g/mol. The zero-order valence-electron chi connectivity index (χ0n) is 12.2. The van der Waals surface area contributed by atoms with Gasteiger partial charge in [-0.05, 0) is 24.6 Å². The number of rotatable bonds is 5. The first-order valence-corrected chi connectivity index (χ1v) is 6.62. The Bertz CT molecular complexity index is 544. The van der Waals surface area contributed by atoms with Crippen LogP contribution in [-0.4, -0.2) is 41.3 Å². The summed E-state index contributed by atoms with van der Waals surface area (Å²) in [5.74, 6) is 1.75. The van der Waals surface area contributed by atoms with Crippen LogP contribution in [0, 0.1) is 6.92 Å². The number of hydrogen-bond donors (Lipinski definition) is 1. The molecule has 0 aliphatic rings. The van der Waals surface area contributed by atoms with Gasteiger partial charge in [0.05, 0.1) is 25.5 Å². The number of aryl methyl sites for hydroxylation is 1. The quantitative estimate of drug-likeness (QED) is 0.663. The predicted molar refractivity (Wildman–Crippen MR) is 78.5 cm³/mol. The molecule has 0 spiro atoms. The molecule has 0 amide bonds. The van der Waals surface area contributed by atoms with E-state index in [1.54, 1.807) is 13.3 Å². The van der Waals surface area contributed by atoms with E-state index in [1.807, 2.05) is 48.1 Å². The van der Waals surface area contributed by atoms with Gasteiger partial charge >= 0.3 is 0 Å². The molecule has 20 heavy (non-hydrogen) atoms. The summed E-state index contributed by atoms with van der Waals surface area (Å²) in [6, 6.07) is 3.84. The fourth-order valence-corrected chi connectivity index (χ4v) is 1.97. The maximum absolute atomic E-state index is 5.34. The summed E-state index contributed by atoms with van der Waals surface area (Å²) in [7, 11) is 3.76. The molecule has 2 aromatic heterocycles. The fraction of sp³-hybridized carbons (Fsp3) is 0.429. The van der Waals surface area contributed by atoms with Crippen LogP contribution < -0.4 is 5.32 Å². The van der Waals surface area contributed by atoms with Gasteiger partial charge in [0, 0.05) is 26.8 Å². The molecule has 0 saturated carbocycles. The van der Waals surface area contributed by atoms with Gasteiger partial charge in [-0.25, -0.2) is 0 Å². The summed E-state index contributed by atoms with van der Waals surface area (Å²) in [4.78, 5) is 6.29. The predicted octanol–water partition coefficient (Wildman–Crippen LogP) is 1.49. The smallest absolute Gasteiger partial charge is 0.193 e. The molecule has 0 saturated heterocycles. The molecule has 2 aromatic rings. The Morgan fingerprint density at radius 3 is 3.00 bits per heavy atom. The van der Waals surface area contributed by atoms with E-state index in [1.165, 1.54) is 5.56 Å². The highest BCUT2D eigenvalue weighted by molar-refractivity contribution is 5.79. The average molecular weight is 275 g/mol. The Labute approximate surface area is 119 Å². The zero-order chi connectivity index (χ0) is 14.4. The van der Waals surface area contributed by atoms with E-state index in [4.69, 9.17) is 4.42 Å². The van der Waals surface area contributed by atoms with Crippen LogP contribution in [-0.2, 0) is 13.1 Å². The molecule has 0 atom stereocenters. The van der Waals surface area contributed by atoms with E-state index < -0.39 is 0 Å². The first kappa shape index (κ1) is 14.2. The van der Waals surface area contributed by atoms with Gasteiger partial charge < -0.3 is 14.6 Å². The van der Waals surface area contributed by atoms with E-state index in [0.29, 0.717) is 6.54 Å². The third-order valence-corrected chi connectivity index (χ3v) is 2.93. The van der Waals surface area contributed by atoms with Gasteiger partial charge in [-0.15, -0.1) is 0 Å². The van der Waals surface area contributed by atoms with Crippen molar-refractivity contribution in [3.8, 4) is 0 Å². The summed E-state index contributed by atoms with van der Waals surface area (Å²) >= 11 is 0. The number of furan rings is 1. The number of guanidine groups is 1. The first-order valence-electron chi connectivity index (χ1n) is 6.62. The summed E-state index contributed by atoms with van der Waals surface area (Å²) in [5, 5.41) is 7.57. The maximum atomic E-state index is 5.34. The second kappa shape index (κ2) is 6.79. The van der Waals surface area contributed by atoms with Crippen molar-refractivity contribution in [1.29, 1.82) is 0 Å². The largest absolute Gasteiger partial charge is 0.467 e. The van der Waals surface area contributed by atoms with E-state index >= 15 is 0 Å². The molecule has 0 radical (unpaired) electrons. The van der Waals surface area contributed by atoms with Crippen molar-refractivity contribution in [2.45, 2.75) is 20.0 Å². The lowest BCUT2D eigenvalue weighted by Crippen LogP contribution is -2.39. The summed E-state index contributed by atoms with van der Waals surface area (Å²) in [6.07, 6.45) is 5.56. The normalized spacial score (nSPS) is 11.7. The molecule has 108 valence electrons. The summed E-state index contributed by atoms with van der Waals surface area (Å²) < 4.78 is 7.26. The highest BCUT2D eigenvalue weighted by Gasteiger charge is 2.07. The Kier molecular flexibility index (Phi) is 4.81. The fourth-order valence-electron chi connectivity index (χ4n) is 1.97. The molecule has 0 fully saturated rings. The molecule has 1 N–H and O–H groups in total. The molecule has 0 aromatic carbocycles. The topological polar surface area (TPSA) is 58.6 Å². The number of nitrogens with zero attached hydrogens (tertiary/aromatic N) is 4. The minimum atomic E-state index is 0.688. The van der Waals surface area contributed by atoms with Crippen LogP contribution in [0.5, 0.6) is 0 Å². The van der Waals surface area contributed by atoms with Gasteiger partial charge in [-0.3, -0.25) is 9.67 Å². The summed E-state index contributed by atoms with van der Waals surface area (Å²) in [6.45, 7) is 4.30. The van der Waals surface area contributed by atoms with Crippen molar-refractivity contribution in [2.24, 2.45) is 4.99 Å². The van der Waals surface area contributed by atoms with Crippen molar-refractivity contribution in [3.05, 3.63) is 42.1 Å². The van der Waals surface area contributed by atoms with Crippen LogP contribution in [0.1, 0.15) is 11.3 Å². The molecule has 0 bridgehead atoms. The van der Waals surface area contributed by atoms with E-state index in [9.17, 15) is 0 Å². The van der Waals surface area contributed by atoms with Crippen LogP contribution in [0.3, 0.4) is 0 Å². The number of hydrogen-bond acceptors (Lipinski definition) is 3. The van der Waals surface area contributed by atoms with Crippen molar-refractivity contribution in [3.63, 3.8) is 0 Å². The van der Waals surface area contributed by atoms with Crippen molar-refractivity contribution in [2.75, 3.05) is 20.6 Å². The molecular weight excluding hydrogens is 254 g/mol. The number of aromatic nitrogens is 2. The zero-order valence-corrected chi connectivity index (χ0v) is 12.2. The van der Waals surface area contributed by atoms with Gasteiger partial charge in [0.15, 0.2) is 5.96 Å². The standard InChI is InChI=1S/C14H21N5O/c1-12-9-17-19(10-12)7-6-16-14(15-2)18(3)11-13-5-4-8-20-13/h4-5,8-10H,6-7,11H2,1-3H3,(H,15,16). The second-order valence-corrected chi connectivity index (χ2v) is 4.69. The van der Waals surface area contributed by atoms with Gasteiger partial charge in [0.1, 0.15) is 5.76 Å². The van der Waals surface area contributed by atoms with E-state index in [2.05, 4.69) is 15.4 Å². The van der Waals surface area contributed by atoms with Crippen molar-refractivity contribution in [1.82, 2.24) is 20.0 Å². The molecule has 6 nitrogen and oxygen atoms in total. The lowest BCUT2D eigenvalue weighted by Gasteiger charge is -2.21. The molecule has 0 aliphatic carbocycles. The third kappa shape index (κ3) is 3.88. The maximum Gasteiger partial charge on any atom is 0.193 e. The average Bonchev–Trinajstić information content (AvgIpc) is 3.06. The first-order chi connectivity index (χ1) is 9.69. The lowest BCUT2D eigenvalue weighted by molar-refractivity contribution is 0.398. The van der Waals surface area contributed by atoms with Crippen LogP contribution in [0.25, 0.3) is 0 Å². The molecule has 2 rings (SSSR count). The SMILES string of the molecule is CN=C(NCCn1cc(C)cn1)N(C)Cc1ccco1. The highest BCUT2D eigenvalue weighted by Crippen LogP contribution is 2.03. The number of aliphatic imine (C=N–C) groups is 1. The third-order valence-electron chi connectivity index (χ3n) is 2.93. The van der Waals surface area contributed by atoms with E-state index in [-0.39, 0.29) is 0 Å². The number of nitrogens with one attached hydrogen (secondary N) is 1. The lowest BCUT2D eigenvalue weighted by atomic mass is 10.4. The van der Waals surface area contributed by atoms with Crippen LogP contribution in [0.15, 0.2) is 40.2 Å². The Morgan fingerprint density at radius 2 is 2.40 bits per heavy atom. The van der Waals surface area contributed by atoms with E-state index in [0.717, 1.165) is 24.8 Å². The van der Waals surface area contributed by atoms with Gasteiger partial charge in [0.25, 0.3) is 0 Å². The Balaban J connectivity index is 1.80. The summed E-state index contributed by atoms with van der Waals surface area (Å²) in [5.41, 5.74) is 1.17. The molecular formula is C14H21N5O. The van der Waals surface area contributed by atoms with Crippen LogP contribution >= 0.6 is 0 Å². The Morgan fingerprint density at radius 1 is 1.55 bits per heavy atom. The molecule has 6 heteroatoms. The molecule has 2 heterocycles. The van der Waals surface area contributed by atoms with Crippen LogP contribution in [0.4, 0.5) is 0 Å². The van der Waals surface area contributed by atoms with Gasteiger partial charge in [0.2, 0.25) is 0 Å². The second-order valence-electron chi connectivity index (χ2n) is 4.69. The highest BCUT2D eigenvalue weighted by atomic mass is 16.3. The van der Waals surface area contributed by atoms with Crippen molar-refractivity contribution >= 4 is 5.96 Å². The molecule has 0 unspecified atom stereocenters. The van der Waals surface area contributed by atoms with Gasteiger partial charge in [-0.2, -0.15) is 5.10 Å². The van der Waals surface area contributed by atoms with Crippen molar-refractivity contribution < 1.29 is 4.42 Å². The minimum Gasteiger partial charge on any atom is -0.467 e. The van der Waals surface area contributed by atoms with Gasteiger partial charge in [-0.1, -0.05) is 0 Å². The minimum absolute atomic E-state index is 0.688. The van der Waals surface area contributed by atoms with Crippen LogP contribution in [0.2, 0.25) is 0 Å². The molecule has 0 aliphatic heterocycles. The Hall–Kier alpha value is -2.24.